The van der Waals surface area contributed by atoms with Crippen LogP contribution in [0.3, 0.4) is 0 Å². The van der Waals surface area contributed by atoms with E-state index >= 15 is 0 Å². The van der Waals surface area contributed by atoms with Crippen LogP contribution in [0.5, 0.6) is 5.75 Å². The molecule has 5 nitrogen and oxygen atoms in total. The van der Waals surface area contributed by atoms with Crippen LogP contribution < -0.4 is 10.1 Å². The van der Waals surface area contributed by atoms with E-state index in [2.05, 4.69) is 5.32 Å². The first-order valence-corrected chi connectivity index (χ1v) is 7.57. The Bertz CT molecular complexity index is 495. The molecule has 2 rings (SSSR count). The zero-order chi connectivity index (χ0) is 16.1. The van der Waals surface area contributed by atoms with E-state index in [1.165, 1.54) is 12.1 Å². The second-order valence-electron chi connectivity index (χ2n) is 5.89. The maximum Gasteiger partial charge on any atom is 0.317 e. The average Bonchev–Trinajstić information content (AvgIpc) is 2.49. The number of rotatable bonds is 4. The maximum atomic E-state index is 12.8. The summed E-state index contributed by atoms with van der Waals surface area (Å²) in [6, 6.07) is 5.37. The van der Waals surface area contributed by atoms with E-state index in [0.717, 1.165) is 6.42 Å². The number of nitrogens with one attached hydrogen (secondary N) is 1. The molecule has 1 aliphatic rings. The molecule has 0 unspecified atom stereocenters. The fourth-order valence-corrected chi connectivity index (χ4v) is 2.33. The van der Waals surface area contributed by atoms with Crippen LogP contribution in [0.25, 0.3) is 0 Å². The summed E-state index contributed by atoms with van der Waals surface area (Å²) in [7, 11) is 0. The summed E-state index contributed by atoms with van der Waals surface area (Å²) < 4.78 is 18.3. The van der Waals surface area contributed by atoms with Gasteiger partial charge in [-0.1, -0.05) is 6.92 Å². The van der Waals surface area contributed by atoms with Gasteiger partial charge in [0.25, 0.3) is 0 Å². The van der Waals surface area contributed by atoms with Gasteiger partial charge < -0.3 is 20.1 Å². The molecule has 3 atom stereocenters. The highest BCUT2D eigenvalue weighted by Gasteiger charge is 2.27. The maximum absolute atomic E-state index is 12.8. The number of piperidine rings is 1. The molecule has 1 fully saturated rings. The van der Waals surface area contributed by atoms with Crippen molar-refractivity contribution in [3.8, 4) is 5.75 Å². The molecule has 6 heteroatoms. The molecule has 0 saturated carbocycles. The molecule has 0 spiro atoms. The number of carbonyl (C=O) groups excluding carboxylic acids is 1. The van der Waals surface area contributed by atoms with Gasteiger partial charge in [-0.3, -0.25) is 0 Å². The normalized spacial score (nSPS) is 23.0. The highest BCUT2D eigenvalue weighted by atomic mass is 19.1. The summed E-state index contributed by atoms with van der Waals surface area (Å²) >= 11 is 0. The SMILES string of the molecule is C[C@H](COc1ccc(F)cc1)NC(=O)N1CC[C@H](C)[C@@H](O)C1. The van der Waals surface area contributed by atoms with Crippen LogP contribution in [-0.4, -0.2) is 47.9 Å². The van der Waals surface area contributed by atoms with Crippen molar-refractivity contribution < 1.29 is 19.0 Å². The smallest absolute Gasteiger partial charge is 0.317 e. The minimum absolute atomic E-state index is 0.186. The van der Waals surface area contributed by atoms with Gasteiger partial charge in [-0.25, -0.2) is 9.18 Å². The lowest BCUT2D eigenvalue weighted by atomic mass is 9.96. The minimum Gasteiger partial charge on any atom is -0.491 e. The summed E-state index contributed by atoms with van der Waals surface area (Å²) in [4.78, 5) is 13.7. The summed E-state index contributed by atoms with van der Waals surface area (Å²) in [6.45, 7) is 5.13. The number of carbonyl (C=O) groups is 1. The van der Waals surface area contributed by atoms with Crippen LogP contribution in [0.15, 0.2) is 24.3 Å². The highest BCUT2D eigenvalue weighted by molar-refractivity contribution is 5.74. The van der Waals surface area contributed by atoms with E-state index in [-0.39, 0.29) is 23.8 Å². The number of ether oxygens (including phenoxy) is 1. The Kier molecular flexibility index (Phi) is 5.60. The molecule has 0 aliphatic carbocycles. The van der Waals surface area contributed by atoms with Crippen molar-refractivity contribution in [1.82, 2.24) is 10.2 Å². The molecule has 1 aliphatic heterocycles. The Hall–Kier alpha value is -1.82. The van der Waals surface area contributed by atoms with Crippen LogP contribution in [-0.2, 0) is 0 Å². The Balaban J connectivity index is 1.75. The third-order valence-corrected chi connectivity index (χ3v) is 3.89. The van der Waals surface area contributed by atoms with Crippen LogP contribution in [0.4, 0.5) is 9.18 Å². The van der Waals surface area contributed by atoms with E-state index in [1.807, 2.05) is 13.8 Å². The van der Waals surface area contributed by atoms with Crippen molar-refractivity contribution in [3.63, 3.8) is 0 Å². The summed E-state index contributed by atoms with van der Waals surface area (Å²) in [5.41, 5.74) is 0. The number of urea groups is 1. The molecule has 1 aromatic carbocycles. The van der Waals surface area contributed by atoms with Gasteiger partial charge in [0.2, 0.25) is 0 Å². The molecule has 2 amide bonds. The molecule has 22 heavy (non-hydrogen) atoms. The molecular weight excluding hydrogens is 287 g/mol. The third kappa shape index (κ3) is 4.59. The molecule has 0 radical (unpaired) electrons. The average molecular weight is 310 g/mol. The minimum atomic E-state index is -0.467. The first-order chi connectivity index (χ1) is 10.5. The van der Waals surface area contributed by atoms with Crippen LogP contribution in [0, 0.1) is 11.7 Å². The van der Waals surface area contributed by atoms with Crippen LogP contribution in [0.1, 0.15) is 20.3 Å². The summed E-state index contributed by atoms with van der Waals surface area (Å²) in [5, 5.41) is 12.7. The van der Waals surface area contributed by atoms with Gasteiger partial charge in [0.1, 0.15) is 18.2 Å². The monoisotopic (exact) mass is 310 g/mol. The van der Waals surface area contributed by atoms with Crippen molar-refractivity contribution in [2.24, 2.45) is 5.92 Å². The zero-order valence-electron chi connectivity index (χ0n) is 13.0. The summed E-state index contributed by atoms with van der Waals surface area (Å²) in [5.74, 6) is 0.472. The van der Waals surface area contributed by atoms with Crippen molar-refractivity contribution in [2.75, 3.05) is 19.7 Å². The number of benzene rings is 1. The Morgan fingerprint density at radius 2 is 2.18 bits per heavy atom. The largest absolute Gasteiger partial charge is 0.491 e. The quantitative estimate of drug-likeness (QED) is 0.894. The number of aliphatic hydroxyl groups is 1. The van der Waals surface area contributed by atoms with Gasteiger partial charge in [0, 0.05) is 13.1 Å². The number of halogens is 1. The van der Waals surface area contributed by atoms with Crippen molar-refractivity contribution in [2.45, 2.75) is 32.4 Å². The molecule has 0 bridgehead atoms. The van der Waals surface area contributed by atoms with E-state index in [9.17, 15) is 14.3 Å². The second kappa shape index (κ2) is 7.45. The number of β-amino-alcohol motifs (C(OH)–C–C–N with tert-alkyl or cyclic N) is 1. The van der Waals surface area contributed by atoms with E-state index < -0.39 is 6.10 Å². The molecular formula is C16H23FN2O3. The standard InChI is InChI=1S/C16H23FN2O3/c1-11-7-8-19(9-15(11)20)16(21)18-12(2)10-22-14-5-3-13(17)4-6-14/h3-6,11-12,15,20H,7-10H2,1-2H3,(H,18,21)/t11-,12+,15-/m0/s1. The third-order valence-electron chi connectivity index (χ3n) is 3.89. The number of amides is 2. The highest BCUT2D eigenvalue weighted by Crippen LogP contribution is 2.17. The lowest BCUT2D eigenvalue weighted by Crippen LogP contribution is -2.52. The molecule has 2 N–H and O–H groups in total. The number of hydrogen-bond acceptors (Lipinski definition) is 3. The molecule has 1 aromatic rings. The van der Waals surface area contributed by atoms with Crippen LogP contribution >= 0.6 is 0 Å². The van der Waals surface area contributed by atoms with Crippen molar-refractivity contribution >= 4 is 6.03 Å². The number of aliphatic hydroxyl groups excluding tert-OH is 1. The topological polar surface area (TPSA) is 61.8 Å². The zero-order valence-corrected chi connectivity index (χ0v) is 13.0. The van der Waals surface area contributed by atoms with Gasteiger partial charge in [-0.15, -0.1) is 0 Å². The van der Waals surface area contributed by atoms with Gasteiger partial charge >= 0.3 is 6.03 Å². The van der Waals surface area contributed by atoms with E-state index in [0.29, 0.717) is 25.4 Å². The molecule has 122 valence electrons. The Labute approximate surface area is 130 Å². The fraction of sp³-hybridized carbons (Fsp3) is 0.562. The number of hydrogen-bond donors (Lipinski definition) is 2. The second-order valence-corrected chi connectivity index (χ2v) is 5.89. The first-order valence-electron chi connectivity index (χ1n) is 7.57. The van der Waals surface area contributed by atoms with Gasteiger partial charge in [-0.05, 0) is 43.5 Å². The fourth-order valence-electron chi connectivity index (χ4n) is 2.33. The van der Waals surface area contributed by atoms with E-state index in [1.54, 1.807) is 17.0 Å². The first kappa shape index (κ1) is 16.5. The predicted octanol–water partition coefficient (Wildman–Crippen LogP) is 2.01. The molecule has 1 heterocycles. The molecule has 1 saturated heterocycles. The van der Waals surface area contributed by atoms with Gasteiger partial charge in [-0.2, -0.15) is 0 Å². The molecule has 0 aromatic heterocycles. The van der Waals surface area contributed by atoms with Crippen LogP contribution in [0.2, 0.25) is 0 Å². The lowest BCUT2D eigenvalue weighted by Gasteiger charge is -2.34. The van der Waals surface area contributed by atoms with Crippen molar-refractivity contribution in [1.29, 1.82) is 0 Å². The van der Waals surface area contributed by atoms with Gasteiger partial charge in [0.05, 0.1) is 12.1 Å². The van der Waals surface area contributed by atoms with E-state index in [4.69, 9.17) is 4.74 Å². The lowest BCUT2D eigenvalue weighted by molar-refractivity contribution is 0.0427. The Morgan fingerprint density at radius 3 is 2.82 bits per heavy atom. The van der Waals surface area contributed by atoms with Crippen molar-refractivity contribution in [3.05, 3.63) is 30.1 Å². The summed E-state index contributed by atoms with van der Waals surface area (Å²) in [6.07, 6.45) is 0.333. The number of likely N-dealkylation sites (tertiary alicyclic amines) is 1. The number of nitrogens with zero attached hydrogens (tertiary/aromatic N) is 1. The van der Waals surface area contributed by atoms with Gasteiger partial charge in [0.15, 0.2) is 0 Å². The Morgan fingerprint density at radius 1 is 1.50 bits per heavy atom. The predicted molar refractivity (Wildman–Crippen MR) is 81.2 cm³/mol.